The fourth-order valence-corrected chi connectivity index (χ4v) is 1.15. The van der Waals surface area contributed by atoms with E-state index in [1.807, 2.05) is 0 Å². The maximum Gasteiger partial charge on any atom is 0.335 e. The van der Waals surface area contributed by atoms with Crippen LogP contribution in [0.25, 0.3) is 0 Å². The Balaban J connectivity index is 2.90. The fourth-order valence-electron chi connectivity index (χ4n) is 1.15. The third-order valence-corrected chi connectivity index (χ3v) is 2.11. The van der Waals surface area contributed by atoms with Crippen molar-refractivity contribution in [3.63, 3.8) is 0 Å². The number of esters is 1. The minimum atomic E-state index is -0.924. The van der Waals surface area contributed by atoms with Crippen molar-refractivity contribution < 1.29 is 19.4 Å². The van der Waals surface area contributed by atoms with Crippen LogP contribution in [-0.4, -0.2) is 17.0 Å². The number of ether oxygens (including phenoxy) is 1. The molecule has 0 saturated heterocycles. The topological polar surface area (TPSA) is 63.6 Å². The largest absolute Gasteiger partial charge is 0.481 e. The van der Waals surface area contributed by atoms with E-state index in [0.29, 0.717) is 11.3 Å². The van der Waals surface area contributed by atoms with Gasteiger partial charge in [0.2, 0.25) is 0 Å². The second-order valence-electron chi connectivity index (χ2n) is 3.26. The molecule has 1 unspecified atom stereocenters. The molecule has 1 aromatic rings. The summed E-state index contributed by atoms with van der Waals surface area (Å²) in [5, 5.41) is 8.83. The van der Waals surface area contributed by atoms with Crippen LogP contribution < -0.4 is 4.74 Å². The SMILES string of the molecule is C=CC(=O)Oc1cccc(C(C)C(=O)O)c1. The molecule has 0 bridgehead atoms. The summed E-state index contributed by atoms with van der Waals surface area (Å²) in [5.74, 6) is -1.81. The Kier molecular flexibility index (Phi) is 3.83. The first-order chi connectivity index (χ1) is 7.54. The molecule has 4 nitrogen and oxygen atoms in total. The van der Waals surface area contributed by atoms with Crippen LogP contribution in [0.15, 0.2) is 36.9 Å². The van der Waals surface area contributed by atoms with Crippen molar-refractivity contribution in [3.05, 3.63) is 42.5 Å². The Morgan fingerprint density at radius 2 is 2.19 bits per heavy atom. The van der Waals surface area contributed by atoms with E-state index in [1.165, 1.54) is 6.07 Å². The molecule has 0 aliphatic carbocycles. The third kappa shape index (κ3) is 2.95. The van der Waals surface area contributed by atoms with Crippen LogP contribution in [0.2, 0.25) is 0 Å². The fraction of sp³-hybridized carbons (Fsp3) is 0.167. The van der Waals surface area contributed by atoms with Crippen molar-refractivity contribution in [1.29, 1.82) is 0 Å². The van der Waals surface area contributed by atoms with Crippen LogP contribution in [0.1, 0.15) is 18.4 Å². The number of carboxylic acid groups (broad SMARTS) is 1. The van der Waals surface area contributed by atoms with Crippen LogP contribution in [0.5, 0.6) is 5.75 Å². The van der Waals surface area contributed by atoms with E-state index in [0.717, 1.165) is 6.08 Å². The Labute approximate surface area is 93.2 Å². The average Bonchev–Trinajstić information content (AvgIpc) is 2.28. The number of rotatable bonds is 4. The Morgan fingerprint density at radius 3 is 2.75 bits per heavy atom. The predicted octanol–water partition coefficient (Wildman–Crippen LogP) is 1.97. The first-order valence-corrected chi connectivity index (χ1v) is 4.71. The van der Waals surface area contributed by atoms with E-state index in [9.17, 15) is 9.59 Å². The van der Waals surface area contributed by atoms with Crippen molar-refractivity contribution >= 4 is 11.9 Å². The van der Waals surface area contributed by atoms with E-state index in [-0.39, 0.29) is 0 Å². The normalized spacial score (nSPS) is 11.6. The quantitative estimate of drug-likeness (QED) is 0.478. The lowest BCUT2D eigenvalue weighted by atomic mass is 10.0. The molecule has 0 fully saturated rings. The molecular formula is C12H12O4. The number of carbonyl (C=O) groups excluding carboxylic acids is 1. The van der Waals surface area contributed by atoms with Gasteiger partial charge in [0, 0.05) is 6.08 Å². The number of carboxylic acids is 1. The summed E-state index contributed by atoms with van der Waals surface area (Å²) < 4.78 is 4.88. The molecule has 16 heavy (non-hydrogen) atoms. The van der Waals surface area contributed by atoms with E-state index < -0.39 is 17.9 Å². The van der Waals surface area contributed by atoms with Gasteiger partial charge >= 0.3 is 11.9 Å². The Hall–Kier alpha value is -2.10. The molecule has 0 aliphatic rings. The van der Waals surface area contributed by atoms with E-state index in [1.54, 1.807) is 25.1 Å². The zero-order chi connectivity index (χ0) is 12.1. The first kappa shape index (κ1) is 12.0. The summed E-state index contributed by atoms with van der Waals surface area (Å²) in [6.45, 7) is 4.84. The van der Waals surface area contributed by atoms with Gasteiger partial charge in [-0.05, 0) is 24.6 Å². The van der Waals surface area contributed by atoms with Gasteiger partial charge in [0.05, 0.1) is 5.92 Å². The zero-order valence-corrected chi connectivity index (χ0v) is 8.84. The molecule has 0 heterocycles. The van der Waals surface area contributed by atoms with Gasteiger partial charge < -0.3 is 9.84 Å². The number of carbonyl (C=O) groups is 2. The van der Waals surface area contributed by atoms with Gasteiger partial charge in [-0.3, -0.25) is 4.79 Å². The summed E-state index contributed by atoms with van der Waals surface area (Å²) >= 11 is 0. The van der Waals surface area contributed by atoms with Crippen LogP contribution in [0.4, 0.5) is 0 Å². The van der Waals surface area contributed by atoms with Gasteiger partial charge in [0.1, 0.15) is 5.75 Å². The Morgan fingerprint density at radius 1 is 1.50 bits per heavy atom. The van der Waals surface area contributed by atoms with Crippen molar-refractivity contribution in [2.45, 2.75) is 12.8 Å². The van der Waals surface area contributed by atoms with Gasteiger partial charge in [0.15, 0.2) is 0 Å². The van der Waals surface area contributed by atoms with Crippen molar-refractivity contribution in [3.8, 4) is 5.75 Å². The van der Waals surface area contributed by atoms with Gasteiger partial charge in [-0.15, -0.1) is 0 Å². The lowest BCUT2D eigenvalue weighted by molar-refractivity contribution is -0.138. The molecule has 0 amide bonds. The standard InChI is InChI=1S/C12H12O4/c1-3-11(13)16-10-6-4-5-9(7-10)8(2)12(14)15/h3-8H,1H2,2H3,(H,14,15). The molecule has 1 N–H and O–H groups in total. The molecule has 4 heteroatoms. The lowest BCUT2D eigenvalue weighted by Gasteiger charge is -2.08. The maximum atomic E-state index is 10.9. The highest BCUT2D eigenvalue weighted by Gasteiger charge is 2.14. The van der Waals surface area contributed by atoms with Crippen LogP contribution in [-0.2, 0) is 9.59 Å². The number of hydrogen-bond donors (Lipinski definition) is 1. The molecule has 0 saturated carbocycles. The number of hydrogen-bond acceptors (Lipinski definition) is 3. The van der Waals surface area contributed by atoms with Crippen molar-refractivity contribution in [2.24, 2.45) is 0 Å². The second kappa shape index (κ2) is 5.11. The highest BCUT2D eigenvalue weighted by atomic mass is 16.5. The summed E-state index contributed by atoms with van der Waals surface area (Å²) in [6, 6.07) is 6.42. The highest BCUT2D eigenvalue weighted by molar-refractivity contribution is 5.83. The van der Waals surface area contributed by atoms with E-state index in [2.05, 4.69) is 6.58 Å². The summed E-state index contributed by atoms with van der Waals surface area (Å²) in [5.41, 5.74) is 0.585. The molecule has 1 aromatic carbocycles. The molecule has 1 rings (SSSR count). The highest BCUT2D eigenvalue weighted by Crippen LogP contribution is 2.21. The smallest absolute Gasteiger partial charge is 0.335 e. The Bertz CT molecular complexity index is 423. The van der Waals surface area contributed by atoms with Gasteiger partial charge in [-0.2, -0.15) is 0 Å². The minimum absolute atomic E-state index is 0.315. The minimum Gasteiger partial charge on any atom is -0.481 e. The molecular weight excluding hydrogens is 208 g/mol. The average molecular weight is 220 g/mol. The van der Waals surface area contributed by atoms with Crippen molar-refractivity contribution in [1.82, 2.24) is 0 Å². The van der Waals surface area contributed by atoms with Crippen LogP contribution in [0.3, 0.4) is 0 Å². The first-order valence-electron chi connectivity index (χ1n) is 4.71. The summed E-state index contributed by atoms with van der Waals surface area (Å²) in [6.07, 6.45) is 1.05. The molecule has 0 radical (unpaired) electrons. The van der Waals surface area contributed by atoms with E-state index >= 15 is 0 Å². The number of aliphatic carboxylic acids is 1. The van der Waals surface area contributed by atoms with Crippen molar-refractivity contribution in [2.75, 3.05) is 0 Å². The molecule has 0 aliphatic heterocycles. The summed E-state index contributed by atoms with van der Waals surface area (Å²) in [4.78, 5) is 21.7. The monoisotopic (exact) mass is 220 g/mol. The molecule has 1 atom stereocenters. The van der Waals surface area contributed by atoms with E-state index in [4.69, 9.17) is 9.84 Å². The zero-order valence-electron chi connectivity index (χ0n) is 8.84. The predicted molar refractivity (Wildman–Crippen MR) is 58.3 cm³/mol. The molecule has 84 valence electrons. The van der Waals surface area contributed by atoms with Gasteiger partial charge in [-0.1, -0.05) is 18.7 Å². The maximum absolute atomic E-state index is 10.9. The lowest BCUT2D eigenvalue weighted by Crippen LogP contribution is -2.08. The van der Waals surface area contributed by atoms with Gasteiger partial charge in [-0.25, -0.2) is 4.79 Å². The van der Waals surface area contributed by atoms with Gasteiger partial charge in [0.25, 0.3) is 0 Å². The molecule has 0 spiro atoms. The second-order valence-corrected chi connectivity index (χ2v) is 3.26. The third-order valence-electron chi connectivity index (χ3n) is 2.11. The summed E-state index contributed by atoms with van der Waals surface area (Å²) in [7, 11) is 0. The van der Waals surface area contributed by atoms with Crippen LogP contribution in [0, 0.1) is 0 Å². The number of benzene rings is 1. The molecule has 0 aromatic heterocycles. The van der Waals surface area contributed by atoms with Crippen LogP contribution >= 0.6 is 0 Å².